The standard InChI is InChI=1S/C13H11ClN2O4/c14-10-2-12(11(16(17)18)1-8(10)5-15)20-9-3-13(4-9)6-19-7-13/h1-2,9H,3-4,6-7H2. The molecule has 1 heterocycles. The molecule has 0 unspecified atom stereocenters. The summed E-state index contributed by atoms with van der Waals surface area (Å²) in [4.78, 5) is 10.5. The lowest BCUT2D eigenvalue weighted by Crippen LogP contribution is -2.56. The number of halogens is 1. The number of nitrogens with zero attached hydrogens (tertiary/aromatic N) is 2. The molecule has 0 amide bonds. The average Bonchev–Trinajstić information content (AvgIpc) is 2.30. The fraction of sp³-hybridized carbons (Fsp3) is 0.462. The van der Waals surface area contributed by atoms with Gasteiger partial charge in [-0.15, -0.1) is 0 Å². The van der Waals surface area contributed by atoms with Crippen molar-refractivity contribution >= 4 is 17.3 Å². The Balaban J connectivity index is 1.80. The first-order chi connectivity index (χ1) is 9.53. The van der Waals surface area contributed by atoms with Crippen molar-refractivity contribution in [2.75, 3.05) is 13.2 Å². The van der Waals surface area contributed by atoms with Crippen molar-refractivity contribution in [1.29, 1.82) is 5.26 Å². The van der Waals surface area contributed by atoms with Gasteiger partial charge in [-0.3, -0.25) is 10.1 Å². The number of nitro groups is 1. The van der Waals surface area contributed by atoms with E-state index in [4.69, 9.17) is 26.3 Å². The molecule has 1 aromatic rings. The van der Waals surface area contributed by atoms with Crippen LogP contribution in [0.3, 0.4) is 0 Å². The summed E-state index contributed by atoms with van der Waals surface area (Å²) in [6, 6.07) is 4.32. The zero-order valence-electron chi connectivity index (χ0n) is 10.5. The molecule has 0 atom stereocenters. The van der Waals surface area contributed by atoms with Gasteiger partial charge in [-0.2, -0.15) is 5.26 Å². The van der Waals surface area contributed by atoms with Gasteiger partial charge in [-0.05, 0) is 12.8 Å². The second kappa shape index (κ2) is 4.62. The molecule has 7 heteroatoms. The third kappa shape index (κ3) is 2.09. The van der Waals surface area contributed by atoms with E-state index in [1.807, 2.05) is 6.07 Å². The Hall–Kier alpha value is -1.84. The number of hydrogen-bond acceptors (Lipinski definition) is 5. The Labute approximate surface area is 120 Å². The lowest BCUT2D eigenvalue weighted by molar-refractivity contribution is -0.386. The van der Waals surface area contributed by atoms with Crippen molar-refractivity contribution in [3.63, 3.8) is 0 Å². The Morgan fingerprint density at radius 1 is 1.50 bits per heavy atom. The molecule has 104 valence electrons. The molecule has 2 aliphatic rings. The van der Waals surface area contributed by atoms with Crippen LogP contribution in [0.4, 0.5) is 5.69 Å². The van der Waals surface area contributed by atoms with Gasteiger partial charge in [0.05, 0.1) is 28.7 Å². The fourth-order valence-corrected chi connectivity index (χ4v) is 2.86. The third-order valence-electron chi connectivity index (χ3n) is 3.80. The number of hydrogen-bond donors (Lipinski definition) is 0. The summed E-state index contributed by atoms with van der Waals surface area (Å²) in [5, 5.41) is 20.0. The number of nitro benzene ring substituents is 1. The molecule has 0 N–H and O–H groups in total. The molecular weight excluding hydrogens is 284 g/mol. The molecule has 1 saturated heterocycles. The van der Waals surface area contributed by atoms with Crippen LogP contribution in [0.25, 0.3) is 0 Å². The summed E-state index contributed by atoms with van der Waals surface area (Å²) in [6.45, 7) is 1.48. The van der Waals surface area contributed by atoms with Crippen LogP contribution in [0.2, 0.25) is 5.02 Å². The largest absolute Gasteiger partial charge is 0.483 e. The van der Waals surface area contributed by atoms with E-state index >= 15 is 0 Å². The fourth-order valence-electron chi connectivity index (χ4n) is 2.66. The topological polar surface area (TPSA) is 85.4 Å². The minimum Gasteiger partial charge on any atom is -0.483 e. The van der Waals surface area contributed by atoms with Crippen LogP contribution in [0.1, 0.15) is 18.4 Å². The Morgan fingerprint density at radius 3 is 2.70 bits per heavy atom. The van der Waals surface area contributed by atoms with Gasteiger partial charge < -0.3 is 9.47 Å². The summed E-state index contributed by atoms with van der Waals surface area (Å²) in [5.41, 5.74) is 0.0653. The maximum absolute atomic E-state index is 11.0. The molecule has 0 aromatic heterocycles. The van der Waals surface area contributed by atoms with Crippen LogP contribution >= 0.6 is 11.6 Å². The number of ether oxygens (including phenoxy) is 2. The zero-order chi connectivity index (χ0) is 14.3. The molecule has 1 aromatic carbocycles. The van der Waals surface area contributed by atoms with Crippen molar-refractivity contribution in [2.24, 2.45) is 5.41 Å². The van der Waals surface area contributed by atoms with Gasteiger partial charge >= 0.3 is 5.69 Å². The van der Waals surface area contributed by atoms with Gasteiger partial charge in [-0.25, -0.2) is 0 Å². The molecule has 1 spiro atoms. The minimum absolute atomic E-state index is 0.0541. The highest BCUT2D eigenvalue weighted by Gasteiger charge is 2.51. The lowest BCUT2D eigenvalue weighted by atomic mass is 9.65. The monoisotopic (exact) mass is 294 g/mol. The van der Waals surface area contributed by atoms with E-state index < -0.39 is 4.92 Å². The number of rotatable bonds is 3. The summed E-state index contributed by atoms with van der Waals surface area (Å²) >= 11 is 5.90. The first kappa shape index (κ1) is 13.2. The first-order valence-corrected chi connectivity index (χ1v) is 6.53. The zero-order valence-corrected chi connectivity index (χ0v) is 11.2. The van der Waals surface area contributed by atoms with Crippen LogP contribution < -0.4 is 4.74 Å². The predicted octanol–water partition coefficient (Wildman–Crippen LogP) is 2.68. The molecule has 6 nitrogen and oxygen atoms in total. The molecule has 1 aliphatic carbocycles. The maximum atomic E-state index is 11.0. The quantitative estimate of drug-likeness (QED) is 0.632. The molecule has 3 rings (SSSR count). The molecule has 2 fully saturated rings. The van der Waals surface area contributed by atoms with Crippen molar-refractivity contribution < 1.29 is 14.4 Å². The average molecular weight is 295 g/mol. The smallest absolute Gasteiger partial charge is 0.312 e. The van der Waals surface area contributed by atoms with E-state index in [2.05, 4.69) is 0 Å². The van der Waals surface area contributed by atoms with E-state index in [0.717, 1.165) is 32.1 Å². The molecular formula is C13H11ClN2O4. The van der Waals surface area contributed by atoms with Gasteiger partial charge in [0.2, 0.25) is 0 Å². The highest BCUT2D eigenvalue weighted by molar-refractivity contribution is 6.32. The van der Waals surface area contributed by atoms with Crippen LogP contribution in [-0.2, 0) is 4.74 Å². The van der Waals surface area contributed by atoms with E-state index in [1.165, 1.54) is 6.07 Å². The van der Waals surface area contributed by atoms with Crippen molar-refractivity contribution in [2.45, 2.75) is 18.9 Å². The first-order valence-electron chi connectivity index (χ1n) is 6.15. The Bertz CT molecular complexity index is 614. The van der Waals surface area contributed by atoms with Crippen molar-refractivity contribution in [3.05, 3.63) is 32.8 Å². The summed E-state index contributed by atoms with van der Waals surface area (Å²) < 4.78 is 10.8. The molecule has 0 bridgehead atoms. The minimum atomic E-state index is -0.562. The highest BCUT2D eigenvalue weighted by Crippen LogP contribution is 2.49. The normalized spacial score (nSPS) is 19.8. The van der Waals surface area contributed by atoms with Gasteiger partial charge in [0, 0.05) is 17.5 Å². The SMILES string of the molecule is N#Cc1cc([N+](=O)[O-])c(OC2CC3(COC3)C2)cc1Cl. The van der Waals surface area contributed by atoms with Gasteiger partial charge in [0.1, 0.15) is 12.2 Å². The Morgan fingerprint density at radius 2 is 2.20 bits per heavy atom. The summed E-state index contributed by atoms with van der Waals surface area (Å²) in [7, 11) is 0. The molecule has 1 saturated carbocycles. The van der Waals surface area contributed by atoms with Gasteiger partial charge in [0.25, 0.3) is 0 Å². The summed E-state index contributed by atoms with van der Waals surface area (Å²) in [5.74, 6) is 0.124. The van der Waals surface area contributed by atoms with Gasteiger partial charge in [0.15, 0.2) is 5.75 Å². The molecule has 20 heavy (non-hydrogen) atoms. The van der Waals surface area contributed by atoms with Crippen LogP contribution in [0.15, 0.2) is 12.1 Å². The van der Waals surface area contributed by atoms with Crippen molar-refractivity contribution in [3.8, 4) is 11.8 Å². The van der Waals surface area contributed by atoms with E-state index in [-0.39, 0.29) is 33.5 Å². The van der Waals surface area contributed by atoms with Gasteiger partial charge in [-0.1, -0.05) is 11.6 Å². The lowest BCUT2D eigenvalue weighted by Gasteiger charge is -2.52. The second-order valence-corrected chi connectivity index (χ2v) is 5.72. The maximum Gasteiger partial charge on any atom is 0.312 e. The second-order valence-electron chi connectivity index (χ2n) is 5.31. The van der Waals surface area contributed by atoms with Crippen LogP contribution in [-0.4, -0.2) is 24.2 Å². The molecule has 0 radical (unpaired) electrons. The van der Waals surface area contributed by atoms with E-state index in [0.29, 0.717) is 0 Å². The summed E-state index contributed by atoms with van der Waals surface area (Å²) in [6.07, 6.45) is 1.62. The van der Waals surface area contributed by atoms with Crippen LogP contribution in [0.5, 0.6) is 5.75 Å². The highest BCUT2D eigenvalue weighted by atomic mass is 35.5. The van der Waals surface area contributed by atoms with E-state index in [9.17, 15) is 10.1 Å². The third-order valence-corrected chi connectivity index (χ3v) is 4.11. The molecule has 1 aliphatic heterocycles. The predicted molar refractivity (Wildman–Crippen MR) is 69.7 cm³/mol. The van der Waals surface area contributed by atoms with Crippen molar-refractivity contribution in [1.82, 2.24) is 0 Å². The number of nitriles is 1. The van der Waals surface area contributed by atoms with Crippen LogP contribution in [0, 0.1) is 26.9 Å². The number of benzene rings is 1. The van der Waals surface area contributed by atoms with E-state index in [1.54, 1.807) is 0 Å². The Kier molecular flexibility index (Phi) is 3.04.